The van der Waals surface area contributed by atoms with Crippen LogP contribution in [0.2, 0.25) is 0 Å². The summed E-state index contributed by atoms with van der Waals surface area (Å²) in [4.78, 5) is 0. The van der Waals surface area contributed by atoms with E-state index in [1.807, 2.05) is 18.2 Å². The number of benzene rings is 2. The Morgan fingerprint density at radius 1 is 0.944 bits per heavy atom. The fourth-order valence-electron chi connectivity index (χ4n) is 2.01. The maximum Gasteiger partial charge on any atom is 0.0376 e. The molecular formula is C16H20N2. The second-order valence-corrected chi connectivity index (χ2v) is 4.46. The minimum atomic E-state index is 0.864. The zero-order valence-corrected chi connectivity index (χ0v) is 10.8. The lowest BCUT2D eigenvalue weighted by atomic mass is 10.0. The van der Waals surface area contributed by atoms with E-state index in [4.69, 9.17) is 5.73 Å². The molecule has 0 aliphatic rings. The molecule has 0 fully saturated rings. The smallest absolute Gasteiger partial charge is 0.0376 e. The summed E-state index contributed by atoms with van der Waals surface area (Å²) in [6, 6.07) is 16.5. The molecule has 0 heterocycles. The Morgan fingerprint density at radius 3 is 2.33 bits per heavy atom. The van der Waals surface area contributed by atoms with Crippen molar-refractivity contribution in [2.45, 2.75) is 19.8 Å². The number of nitrogen functional groups attached to an aromatic ring is 1. The molecule has 0 aliphatic heterocycles. The Morgan fingerprint density at radius 2 is 1.61 bits per heavy atom. The number of para-hydroxylation sites is 2. The van der Waals surface area contributed by atoms with Crippen molar-refractivity contribution in [2.24, 2.45) is 0 Å². The van der Waals surface area contributed by atoms with Gasteiger partial charge in [0.15, 0.2) is 0 Å². The Labute approximate surface area is 109 Å². The SMILES string of the molecule is CCCNc1ccccc1Cc1ccccc1N. The molecule has 0 unspecified atom stereocenters. The molecule has 0 radical (unpaired) electrons. The van der Waals surface area contributed by atoms with Crippen molar-refractivity contribution >= 4 is 11.4 Å². The van der Waals surface area contributed by atoms with Crippen molar-refractivity contribution in [3.05, 3.63) is 59.7 Å². The fourth-order valence-corrected chi connectivity index (χ4v) is 2.01. The lowest BCUT2D eigenvalue weighted by molar-refractivity contribution is 0.974. The standard InChI is InChI=1S/C16H20N2/c1-2-11-18-16-10-6-4-8-14(16)12-13-7-3-5-9-15(13)17/h3-10,18H,2,11-12,17H2,1H3. The second kappa shape index (κ2) is 6.10. The molecule has 0 aromatic heterocycles. The number of rotatable bonds is 5. The summed E-state index contributed by atoms with van der Waals surface area (Å²) in [5.74, 6) is 0. The first-order valence-electron chi connectivity index (χ1n) is 6.46. The van der Waals surface area contributed by atoms with Crippen LogP contribution in [0.1, 0.15) is 24.5 Å². The van der Waals surface area contributed by atoms with Gasteiger partial charge in [0, 0.05) is 24.3 Å². The summed E-state index contributed by atoms with van der Waals surface area (Å²) in [5, 5.41) is 3.46. The molecule has 2 nitrogen and oxygen atoms in total. The van der Waals surface area contributed by atoms with E-state index in [9.17, 15) is 0 Å². The van der Waals surface area contributed by atoms with E-state index >= 15 is 0 Å². The van der Waals surface area contributed by atoms with Gasteiger partial charge in [-0.2, -0.15) is 0 Å². The quantitative estimate of drug-likeness (QED) is 0.782. The van der Waals surface area contributed by atoms with Crippen LogP contribution in [0.3, 0.4) is 0 Å². The van der Waals surface area contributed by atoms with E-state index in [1.165, 1.54) is 16.8 Å². The van der Waals surface area contributed by atoms with Crippen molar-refractivity contribution in [3.63, 3.8) is 0 Å². The molecule has 0 atom stereocenters. The number of nitrogens with two attached hydrogens (primary N) is 1. The molecule has 2 aromatic carbocycles. The highest BCUT2D eigenvalue weighted by atomic mass is 14.9. The second-order valence-electron chi connectivity index (χ2n) is 4.46. The molecular weight excluding hydrogens is 220 g/mol. The maximum absolute atomic E-state index is 6.00. The summed E-state index contributed by atoms with van der Waals surface area (Å²) in [5.41, 5.74) is 10.6. The lowest BCUT2D eigenvalue weighted by Gasteiger charge is -2.12. The van der Waals surface area contributed by atoms with Crippen LogP contribution in [-0.2, 0) is 6.42 Å². The minimum Gasteiger partial charge on any atom is -0.398 e. The highest BCUT2D eigenvalue weighted by Crippen LogP contribution is 2.22. The molecule has 0 spiro atoms. The molecule has 0 bridgehead atoms. The molecule has 2 rings (SSSR count). The minimum absolute atomic E-state index is 0.864. The van der Waals surface area contributed by atoms with Crippen LogP contribution in [0.5, 0.6) is 0 Å². The van der Waals surface area contributed by atoms with E-state index in [-0.39, 0.29) is 0 Å². The third kappa shape index (κ3) is 3.04. The Kier molecular flexibility index (Phi) is 4.24. The van der Waals surface area contributed by atoms with Gasteiger partial charge in [0.05, 0.1) is 0 Å². The third-order valence-corrected chi connectivity index (χ3v) is 3.02. The molecule has 18 heavy (non-hydrogen) atoms. The van der Waals surface area contributed by atoms with Gasteiger partial charge in [-0.05, 0) is 29.7 Å². The predicted octanol–water partition coefficient (Wildman–Crippen LogP) is 3.68. The topological polar surface area (TPSA) is 38.0 Å². The lowest BCUT2D eigenvalue weighted by Crippen LogP contribution is -2.04. The molecule has 0 amide bonds. The first-order valence-corrected chi connectivity index (χ1v) is 6.46. The summed E-state index contributed by atoms with van der Waals surface area (Å²) >= 11 is 0. The third-order valence-electron chi connectivity index (χ3n) is 3.02. The largest absolute Gasteiger partial charge is 0.398 e. The molecule has 0 saturated carbocycles. The summed E-state index contributed by atoms with van der Waals surface area (Å²) in [7, 11) is 0. The molecule has 94 valence electrons. The summed E-state index contributed by atoms with van der Waals surface area (Å²) < 4.78 is 0. The van der Waals surface area contributed by atoms with Gasteiger partial charge in [-0.3, -0.25) is 0 Å². The van der Waals surface area contributed by atoms with Gasteiger partial charge in [-0.25, -0.2) is 0 Å². The normalized spacial score (nSPS) is 10.3. The number of hydrogen-bond acceptors (Lipinski definition) is 2. The Balaban J connectivity index is 2.21. The van der Waals surface area contributed by atoms with E-state index in [0.717, 1.165) is 25.1 Å². The highest BCUT2D eigenvalue weighted by Gasteiger charge is 2.04. The van der Waals surface area contributed by atoms with Gasteiger partial charge < -0.3 is 11.1 Å². The van der Waals surface area contributed by atoms with E-state index in [0.29, 0.717) is 0 Å². The highest BCUT2D eigenvalue weighted by molar-refractivity contribution is 5.56. The summed E-state index contributed by atoms with van der Waals surface area (Å²) in [6.45, 7) is 3.17. The molecule has 0 saturated heterocycles. The van der Waals surface area contributed by atoms with Gasteiger partial charge >= 0.3 is 0 Å². The van der Waals surface area contributed by atoms with Gasteiger partial charge in [0.25, 0.3) is 0 Å². The van der Waals surface area contributed by atoms with Crippen LogP contribution >= 0.6 is 0 Å². The molecule has 2 aromatic rings. The van der Waals surface area contributed by atoms with Crippen molar-refractivity contribution in [1.29, 1.82) is 0 Å². The van der Waals surface area contributed by atoms with Crippen LogP contribution in [0.15, 0.2) is 48.5 Å². The Hall–Kier alpha value is -1.96. The maximum atomic E-state index is 6.00. The van der Waals surface area contributed by atoms with E-state index in [1.54, 1.807) is 0 Å². The monoisotopic (exact) mass is 240 g/mol. The predicted molar refractivity (Wildman–Crippen MR) is 78.9 cm³/mol. The van der Waals surface area contributed by atoms with E-state index in [2.05, 4.69) is 42.6 Å². The number of anilines is 2. The van der Waals surface area contributed by atoms with Crippen LogP contribution in [-0.4, -0.2) is 6.54 Å². The van der Waals surface area contributed by atoms with Crippen LogP contribution < -0.4 is 11.1 Å². The molecule has 0 aliphatic carbocycles. The average Bonchev–Trinajstić information content (AvgIpc) is 2.40. The number of hydrogen-bond donors (Lipinski definition) is 2. The zero-order valence-electron chi connectivity index (χ0n) is 10.8. The van der Waals surface area contributed by atoms with Crippen molar-refractivity contribution < 1.29 is 0 Å². The first kappa shape index (κ1) is 12.5. The first-order chi connectivity index (χ1) is 8.81. The van der Waals surface area contributed by atoms with Crippen LogP contribution in [0.25, 0.3) is 0 Å². The molecule has 2 heteroatoms. The number of nitrogens with one attached hydrogen (secondary N) is 1. The Bertz CT molecular complexity index is 506. The fraction of sp³-hybridized carbons (Fsp3) is 0.250. The van der Waals surface area contributed by atoms with Crippen LogP contribution in [0.4, 0.5) is 11.4 Å². The van der Waals surface area contributed by atoms with Gasteiger partial charge in [-0.15, -0.1) is 0 Å². The van der Waals surface area contributed by atoms with E-state index < -0.39 is 0 Å². The van der Waals surface area contributed by atoms with Crippen molar-refractivity contribution in [2.75, 3.05) is 17.6 Å². The average molecular weight is 240 g/mol. The van der Waals surface area contributed by atoms with Gasteiger partial charge in [0.2, 0.25) is 0 Å². The van der Waals surface area contributed by atoms with Gasteiger partial charge in [-0.1, -0.05) is 43.3 Å². The van der Waals surface area contributed by atoms with Crippen molar-refractivity contribution in [3.8, 4) is 0 Å². The molecule has 3 N–H and O–H groups in total. The van der Waals surface area contributed by atoms with Gasteiger partial charge in [0.1, 0.15) is 0 Å². The summed E-state index contributed by atoms with van der Waals surface area (Å²) in [6.07, 6.45) is 2.00. The van der Waals surface area contributed by atoms with Crippen molar-refractivity contribution in [1.82, 2.24) is 0 Å². The van der Waals surface area contributed by atoms with Crippen LogP contribution in [0, 0.1) is 0 Å². The zero-order chi connectivity index (χ0) is 12.8.